The van der Waals surface area contributed by atoms with Crippen LogP contribution >= 0.6 is 15.9 Å². The molecule has 0 unspecified atom stereocenters. The number of amides is 2. The Morgan fingerprint density at radius 1 is 1.03 bits per heavy atom. The van der Waals surface area contributed by atoms with Gasteiger partial charge in [0.25, 0.3) is 0 Å². The van der Waals surface area contributed by atoms with Gasteiger partial charge in [-0.3, -0.25) is 9.59 Å². The summed E-state index contributed by atoms with van der Waals surface area (Å²) < 4.78 is 15.5. The van der Waals surface area contributed by atoms with E-state index in [-0.39, 0.29) is 23.7 Å². The maximum Gasteiger partial charge on any atom is 0.225 e. The summed E-state index contributed by atoms with van der Waals surface area (Å²) in [5.74, 6) is -1.78. The number of primary amides is 2. The van der Waals surface area contributed by atoms with E-state index < -0.39 is 28.5 Å². The summed E-state index contributed by atoms with van der Waals surface area (Å²) >= 11 is 3.28. The highest BCUT2D eigenvalue weighted by molar-refractivity contribution is 9.10. The molecule has 7 heteroatoms. The summed E-state index contributed by atoms with van der Waals surface area (Å²) in [6.45, 7) is 0.574. The van der Waals surface area contributed by atoms with Crippen molar-refractivity contribution >= 4 is 27.7 Å². The van der Waals surface area contributed by atoms with Crippen molar-refractivity contribution in [3.8, 4) is 0 Å². The average Bonchev–Trinajstić information content (AvgIpc) is 3.35. The summed E-state index contributed by atoms with van der Waals surface area (Å²) in [6, 6.07) is 4.79. The maximum atomic E-state index is 14.9. The van der Waals surface area contributed by atoms with Gasteiger partial charge in [-0.2, -0.15) is 0 Å². The lowest BCUT2D eigenvalue weighted by atomic mass is 9.53. The standard InChI is InChI=1S/C23H29BrFN3O2/c24-15-5-4-14(16(25)12-15)13-23(20(28)30)18-7-6-17(21(18)9-10-21)22(23,19(27)29)8-2-1-3-11-26/h4-7,12,17-18H,1-3,8-11,13,26H2,(H2,27,29)(H2,28,30)/t17-,18+,22+,23+/m1/s1. The van der Waals surface area contributed by atoms with Gasteiger partial charge in [0.15, 0.2) is 0 Å². The molecule has 0 aliphatic heterocycles. The Morgan fingerprint density at radius 2 is 1.67 bits per heavy atom. The Balaban J connectivity index is 1.85. The zero-order valence-electron chi connectivity index (χ0n) is 17.0. The number of carbonyl (C=O) groups is 2. The molecule has 0 aromatic heterocycles. The molecule has 162 valence electrons. The molecule has 1 spiro atoms. The summed E-state index contributed by atoms with van der Waals surface area (Å²) in [6.07, 6.45) is 8.95. The number of hydrogen-bond donors (Lipinski definition) is 3. The topological polar surface area (TPSA) is 112 Å². The van der Waals surface area contributed by atoms with E-state index >= 15 is 0 Å². The van der Waals surface area contributed by atoms with Crippen LogP contribution in [0.4, 0.5) is 4.39 Å². The molecule has 5 nitrogen and oxygen atoms in total. The van der Waals surface area contributed by atoms with Gasteiger partial charge < -0.3 is 17.2 Å². The Bertz CT molecular complexity index is 916. The van der Waals surface area contributed by atoms with E-state index in [1.807, 2.05) is 6.08 Å². The van der Waals surface area contributed by atoms with Crippen LogP contribution in [0.1, 0.15) is 44.1 Å². The first kappa shape index (κ1) is 21.5. The molecule has 0 heterocycles. The van der Waals surface area contributed by atoms with Gasteiger partial charge in [0.1, 0.15) is 5.82 Å². The lowest BCUT2D eigenvalue weighted by Gasteiger charge is -2.48. The second-order valence-electron chi connectivity index (χ2n) is 9.26. The molecule has 3 aliphatic carbocycles. The van der Waals surface area contributed by atoms with E-state index in [0.29, 0.717) is 23.0 Å². The highest BCUT2D eigenvalue weighted by Gasteiger charge is 2.81. The Morgan fingerprint density at radius 3 is 2.20 bits per heavy atom. The third kappa shape index (κ3) is 2.74. The van der Waals surface area contributed by atoms with Crippen LogP contribution in [0.15, 0.2) is 34.8 Å². The van der Waals surface area contributed by atoms with Crippen molar-refractivity contribution < 1.29 is 14.0 Å². The minimum atomic E-state index is -1.23. The fraction of sp³-hybridized carbons (Fsp3) is 0.565. The van der Waals surface area contributed by atoms with Crippen molar-refractivity contribution in [1.82, 2.24) is 0 Å². The predicted molar refractivity (Wildman–Crippen MR) is 116 cm³/mol. The van der Waals surface area contributed by atoms with Crippen LogP contribution in [-0.4, -0.2) is 18.4 Å². The Kier molecular flexibility index (Phi) is 5.34. The molecule has 2 saturated carbocycles. The number of unbranched alkanes of at least 4 members (excludes halogenated alkanes) is 2. The molecule has 2 fully saturated rings. The van der Waals surface area contributed by atoms with E-state index in [1.165, 1.54) is 6.07 Å². The van der Waals surface area contributed by atoms with Gasteiger partial charge in [-0.1, -0.05) is 47.0 Å². The molecule has 2 amide bonds. The van der Waals surface area contributed by atoms with Gasteiger partial charge in [-0.05, 0) is 73.6 Å². The largest absolute Gasteiger partial charge is 0.369 e. The van der Waals surface area contributed by atoms with Gasteiger partial charge in [0.05, 0.1) is 10.8 Å². The normalized spacial score (nSPS) is 32.6. The molecule has 1 aromatic rings. The number of hydrogen-bond acceptors (Lipinski definition) is 3. The number of benzene rings is 1. The first-order valence-electron chi connectivity index (χ1n) is 10.7. The minimum absolute atomic E-state index is 0.0779. The average molecular weight is 478 g/mol. The van der Waals surface area contributed by atoms with Crippen molar-refractivity contribution in [3.05, 3.63) is 46.2 Å². The quantitative estimate of drug-likeness (QED) is 0.374. The van der Waals surface area contributed by atoms with Crippen LogP contribution in [0.5, 0.6) is 0 Å². The second-order valence-corrected chi connectivity index (χ2v) is 10.2. The van der Waals surface area contributed by atoms with Crippen LogP contribution in [0.25, 0.3) is 0 Å². The van der Waals surface area contributed by atoms with Gasteiger partial charge in [-0.25, -0.2) is 4.39 Å². The van der Waals surface area contributed by atoms with Crippen LogP contribution in [-0.2, 0) is 16.0 Å². The highest BCUT2D eigenvalue weighted by atomic mass is 79.9. The molecule has 6 N–H and O–H groups in total. The van der Waals surface area contributed by atoms with E-state index in [9.17, 15) is 14.0 Å². The molecule has 1 aromatic carbocycles. The molecule has 4 rings (SSSR count). The number of halogens is 2. The molecule has 30 heavy (non-hydrogen) atoms. The second kappa shape index (κ2) is 7.45. The zero-order chi connectivity index (χ0) is 21.7. The molecular formula is C23H29BrFN3O2. The van der Waals surface area contributed by atoms with E-state index in [0.717, 1.165) is 32.1 Å². The minimum Gasteiger partial charge on any atom is -0.369 e. The number of nitrogens with two attached hydrogens (primary N) is 3. The van der Waals surface area contributed by atoms with Crippen molar-refractivity contribution in [3.63, 3.8) is 0 Å². The van der Waals surface area contributed by atoms with Crippen LogP contribution in [0.3, 0.4) is 0 Å². The van der Waals surface area contributed by atoms with Crippen molar-refractivity contribution in [2.24, 2.45) is 45.3 Å². The van der Waals surface area contributed by atoms with Gasteiger partial charge in [-0.15, -0.1) is 0 Å². The first-order chi connectivity index (χ1) is 14.3. The third-order valence-corrected chi connectivity index (χ3v) is 8.55. The molecule has 0 radical (unpaired) electrons. The summed E-state index contributed by atoms with van der Waals surface area (Å²) in [5.41, 5.74) is 15.8. The maximum absolute atomic E-state index is 14.9. The Labute approximate surface area is 184 Å². The smallest absolute Gasteiger partial charge is 0.225 e. The monoisotopic (exact) mass is 477 g/mol. The van der Waals surface area contributed by atoms with Crippen LogP contribution in [0.2, 0.25) is 0 Å². The van der Waals surface area contributed by atoms with Gasteiger partial charge in [0.2, 0.25) is 11.8 Å². The van der Waals surface area contributed by atoms with E-state index in [4.69, 9.17) is 17.2 Å². The molecule has 3 aliphatic rings. The van der Waals surface area contributed by atoms with E-state index in [2.05, 4.69) is 22.0 Å². The molecular weight excluding hydrogens is 449 g/mol. The number of carbonyl (C=O) groups excluding carboxylic acids is 2. The predicted octanol–water partition coefficient (Wildman–Crippen LogP) is 3.19. The van der Waals surface area contributed by atoms with Crippen LogP contribution < -0.4 is 17.2 Å². The SMILES string of the molecule is NCCCCC[C@@]1(C(N)=O)[C@@H]2C=C[C@@H](C23CC3)[C@@]1(Cc1ccc(Br)cc1F)C(N)=O. The van der Waals surface area contributed by atoms with Gasteiger partial charge >= 0.3 is 0 Å². The molecule has 0 saturated heterocycles. The summed E-state index contributed by atoms with van der Waals surface area (Å²) in [5, 5.41) is 0. The summed E-state index contributed by atoms with van der Waals surface area (Å²) in [4.78, 5) is 26.4. The van der Waals surface area contributed by atoms with Crippen molar-refractivity contribution in [2.45, 2.75) is 44.9 Å². The lowest BCUT2D eigenvalue weighted by Crippen LogP contribution is -2.60. The zero-order valence-corrected chi connectivity index (χ0v) is 18.6. The fourth-order valence-electron chi connectivity index (χ4n) is 6.72. The van der Waals surface area contributed by atoms with Gasteiger partial charge in [0, 0.05) is 4.47 Å². The first-order valence-corrected chi connectivity index (χ1v) is 11.5. The van der Waals surface area contributed by atoms with E-state index in [1.54, 1.807) is 12.1 Å². The third-order valence-electron chi connectivity index (χ3n) is 8.06. The number of allylic oxidation sites excluding steroid dienone is 2. The lowest BCUT2D eigenvalue weighted by molar-refractivity contribution is -0.151. The Hall–Kier alpha value is -1.73. The van der Waals surface area contributed by atoms with Crippen molar-refractivity contribution in [2.75, 3.05) is 6.54 Å². The van der Waals surface area contributed by atoms with Crippen LogP contribution in [0, 0.1) is 33.9 Å². The molecule has 4 atom stereocenters. The van der Waals surface area contributed by atoms with Crippen molar-refractivity contribution in [1.29, 1.82) is 0 Å². The number of rotatable bonds is 9. The summed E-state index contributed by atoms with van der Waals surface area (Å²) in [7, 11) is 0. The highest BCUT2D eigenvalue weighted by Crippen LogP contribution is 2.81. The molecule has 2 bridgehead atoms. The fourth-order valence-corrected chi connectivity index (χ4v) is 7.06.